The number of carboxylic acids is 1. The van der Waals surface area contributed by atoms with Crippen LogP contribution in [-0.2, 0) is 11.2 Å². The number of halogens is 3. The summed E-state index contributed by atoms with van der Waals surface area (Å²) in [5.74, 6) is -1.64. The first-order valence-electron chi connectivity index (χ1n) is 10.6. The highest BCUT2D eigenvalue weighted by Gasteiger charge is 2.33. The number of rotatable bonds is 9. The summed E-state index contributed by atoms with van der Waals surface area (Å²) in [6, 6.07) is 7.83. The van der Waals surface area contributed by atoms with Gasteiger partial charge >= 0.3 is 12.3 Å². The van der Waals surface area contributed by atoms with Crippen LogP contribution in [0.15, 0.2) is 30.3 Å². The minimum absolute atomic E-state index is 0.0189. The molecule has 0 aromatic heterocycles. The Kier molecular flexibility index (Phi) is 7.83. The maximum absolute atomic E-state index is 12.9. The van der Waals surface area contributed by atoms with Gasteiger partial charge in [0.15, 0.2) is 11.4 Å². The number of carboxylic acid groups (broad SMARTS) is 1. The number of hydrogen-bond donors (Lipinski definition) is 1. The highest BCUT2D eigenvalue weighted by atomic mass is 19.4. The van der Waals surface area contributed by atoms with E-state index in [0.29, 0.717) is 28.9 Å². The quantitative estimate of drug-likeness (QED) is 0.434. The Bertz CT molecular complexity index is 1020. The van der Waals surface area contributed by atoms with Gasteiger partial charge in [-0.15, -0.1) is 13.2 Å². The molecule has 8 heteroatoms. The van der Waals surface area contributed by atoms with E-state index in [-0.39, 0.29) is 17.9 Å². The third-order valence-corrected chi connectivity index (χ3v) is 5.23. The van der Waals surface area contributed by atoms with Gasteiger partial charge in [-0.05, 0) is 74.4 Å². The van der Waals surface area contributed by atoms with Crippen LogP contribution in [0.25, 0.3) is 0 Å². The Labute approximate surface area is 191 Å². The average molecular weight is 466 g/mol. The lowest BCUT2D eigenvalue weighted by molar-refractivity contribution is -0.274. The maximum atomic E-state index is 12.9. The van der Waals surface area contributed by atoms with Crippen molar-refractivity contribution in [1.29, 1.82) is 0 Å². The second-order valence-electron chi connectivity index (χ2n) is 8.86. The lowest BCUT2D eigenvalue weighted by Gasteiger charge is -2.24. The number of aliphatic carboxylic acids is 1. The first kappa shape index (κ1) is 26.2. The average Bonchev–Trinajstić information content (AvgIpc) is 2.67. The molecule has 0 spiro atoms. The molecule has 0 aliphatic carbocycles. The van der Waals surface area contributed by atoms with Gasteiger partial charge in [-0.25, -0.2) is 4.79 Å². The van der Waals surface area contributed by atoms with Crippen LogP contribution in [0, 0.1) is 13.8 Å². The van der Waals surface area contributed by atoms with Crippen molar-refractivity contribution in [2.75, 3.05) is 0 Å². The molecule has 0 saturated heterocycles. The number of hydrogen-bond acceptors (Lipinski definition) is 4. The minimum atomic E-state index is -4.90. The molecule has 2 aromatic carbocycles. The van der Waals surface area contributed by atoms with Crippen molar-refractivity contribution >= 4 is 11.8 Å². The molecule has 0 aliphatic rings. The zero-order valence-corrected chi connectivity index (χ0v) is 19.6. The monoisotopic (exact) mass is 466 g/mol. The summed E-state index contributed by atoms with van der Waals surface area (Å²) in [7, 11) is 0. The number of aryl methyl sites for hydroxylation is 3. The van der Waals surface area contributed by atoms with E-state index in [2.05, 4.69) is 4.74 Å². The number of carbonyl (C=O) groups excluding carboxylic acids is 1. The van der Waals surface area contributed by atoms with Crippen LogP contribution >= 0.6 is 0 Å². The zero-order valence-electron chi connectivity index (χ0n) is 19.6. The molecule has 0 unspecified atom stereocenters. The third-order valence-electron chi connectivity index (χ3n) is 5.23. The molecule has 2 rings (SSSR count). The highest BCUT2D eigenvalue weighted by molar-refractivity contribution is 5.98. The summed E-state index contributed by atoms with van der Waals surface area (Å²) in [4.78, 5) is 24.1. The predicted octanol–water partition coefficient (Wildman–Crippen LogP) is 6.38. The van der Waals surface area contributed by atoms with Gasteiger partial charge in [0.25, 0.3) is 0 Å². The number of carbonyl (C=O) groups is 2. The summed E-state index contributed by atoms with van der Waals surface area (Å²) in [6.07, 6.45) is -4.63. The molecular weight excluding hydrogens is 437 g/mol. The number of ether oxygens (including phenoxy) is 2. The van der Waals surface area contributed by atoms with Gasteiger partial charge in [0, 0.05) is 6.42 Å². The minimum Gasteiger partial charge on any atom is -0.478 e. The van der Waals surface area contributed by atoms with Gasteiger partial charge < -0.3 is 14.6 Å². The van der Waals surface area contributed by atoms with Gasteiger partial charge in [-0.1, -0.05) is 32.0 Å². The fourth-order valence-electron chi connectivity index (χ4n) is 3.37. The van der Waals surface area contributed by atoms with Crippen LogP contribution in [0.1, 0.15) is 72.6 Å². The molecule has 0 radical (unpaired) electrons. The molecule has 0 bridgehead atoms. The smallest absolute Gasteiger partial charge is 0.478 e. The van der Waals surface area contributed by atoms with Crippen molar-refractivity contribution < 1.29 is 37.3 Å². The van der Waals surface area contributed by atoms with Crippen LogP contribution in [0.3, 0.4) is 0 Å². The molecule has 33 heavy (non-hydrogen) atoms. The van der Waals surface area contributed by atoms with Crippen molar-refractivity contribution in [3.8, 4) is 11.5 Å². The molecule has 1 N–H and O–H groups in total. The lowest BCUT2D eigenvalue weighted by Crippen LogP contribution is -2.38. The van der Waals surface area contributed by atoms with Crippen molar-refractivity contribution in [3.05, 3.63) is 58.1 Å². The maximum Gasteiger partial charge on any atom is 0.573 e. The highest BCUT2D eigenvalue weighted by Crippen LogP contribution is 2.32. The van der Waals surface area contributed by atoms with Crippen LogP contribution in [0.4, 0.5) is 13.2 Å². The fraction of sp³-hybridized carbons (Fsp3) is 0.440. The van der Waals surface area contributed by atoms with E-state index in [1.54, 1.807) is 32.0 Å². The van der Waals surface area contributed by atoms with Gasteiger partial charge in [0.1, 0.15) is 11.5 Å². The fourth-order valence-corrected chi connectivity index (χ4v) is 3.37. The molecule has 5 nitrogen and oxygen atoms in total. The number of Topliss-reactive ketones (excluding diaryl/α,β-unsaturated/α-hetero) is 1. The zero-order chi connectivity index (χ0) is 25.1. The van der Waals surface area contributed by atoms with E-state index in [4.69, 9.17) is 4.74 Å². The molecular formula is C25H29F3O5. The third kappa shape index (κ3) is 6.97. The summed E-state index contributed by atoms with van der Waals surface area (Å²) >= 11 is 0. The first-order valence-corrected chi connectivity index (χ1v) is 10.6. The molecule has 0 aliphatic heterocycles. The molecule has 0 heterocycles. The van der Waals surface area contributed by atoms with Gasteiger partial charge in [0.05, 0.1) is 5.56 Å². The van der Waals surface area contributed by atoms with Crippen molar-refractivity contribution in [2.45, 2.75) is 72.3 Å². The Balaban J connectivity index is 2.23. The first-order chi connectivity index (χ1) is 15.1. The van der Waals surface area contributed by atoms with E-state index < -0.39 is 29.5 Å². The summed E-state index contributed by atoms with van der Waals surface area (Å²) in [5, 5.41) is 9.29. The van der Waals surface area contributed by atoms with E-state index >= 15 is 0 Å². The largest absolute Gasteiger partial charge is 0.573 e. The molecule has 180 valence electrons. The standard InChI is InChI=1S/C25H29F3O5/c1-14(2)18-8-9-19(21(13-18)32-25(26,27)28)20(29)10-7-17-11-15(3)22(16(4)12-17)33-24(5,6)23(30)31/h8-9,11-14H,7,10H2,1-6H3,(H,30,31). The molecule has 0 saturated carbocycles. The topological polar surface area (TPSA) is 72.8 Å². The number of benzene rings is 2. The second kappa shape index (κ2) is 9.85. The Hall–Kier alpha value is -3.03. The summed E-state index contributed by atoms with van der Waals surface area (Å²) < 4.78 is 48.4. The van der Waals surface area contributed by atoms with Gasteiger partial charge in [0.2, 0.25) is 0 Å². The number of ketones is 1. The van der Waals surface area contributed by atoms with Crippen LogP contribution in [0.5, 0.6) is 11.5 Å². The molecule has 0 fully saturated rings. The van der Waals surface area contributed by atoms with Gasteiger partial charge in [-0.2, -0.15) is 0 Å². The van der Waals surface area contributed by atoms with Crippen LogP contribution in [0.2, 0.25) is 0 Å². The van der Waals surface area contributed by atoms with Gasteiger partial charge in [-0.3, -0.25) is 4.79 Å². The van der Waals surface area contributed by atoms with Crippen molar-refractivity contribution in [3.63, 3.8) is 0 Å². The predicted molar refractivity (Wildman–Crippen MR) is 118 cm³/mol. The Morgan fingerprint density at radius 2 is 1.58 bits per heavy atom. The van der Waals surface area contributed by atoms with E-state index in [9.17, 15) is 27.9 Å². The molecule has 0 atom stereocenters. The lowest BCUT2D eigenvalue weighted by atomic mass is 9.96. The molecule has 0 amide bonds. The van der Waals surface area contributed by atoms with E-state index in [0.717, 1.165) is 5.56 Å². The van der Waals surface area contributed by atoms with Crippen molar-refractivity contribution in [2.24, 2.45) is 0 Å². The van der Waals surface area contributed by atoms with Crippen LogP contribution < -0.4 is 9.47 Å². The van der Waals surface area contributed by atoms with Crippen LogP contribution in [-0.4, -0.2) is 28.8 Å². The summed E-state index contributed by atoms with van der Waals surface area (Å²) in [6.45, 7) is 10.1. The normalized spacial score (nSPS) is 12.1. The second-order valence-corrected chi connectivity index (χ2v) is 8.86. The number of alkyl halides is 3. The Morgan fingerprint density at radius 3 is 2.06 bits per heavy atom. The van der Waals surface area contributed by atoms with E-state index in [1.807, 2.05) is 13.8 Å². The summed E-state index contributed by atoms with van der Waals surface area (Å²) in [5.41, 5.74) is 1.30. The van der Waals surface area contributed by atoms with Crippen molar-refractivity contribution in [1.82, 2.24) is 0 Å². The molecule has 2 aromatic rings. The SMILES string of the molecule is Cc1cc(CCC(=O)c2ccc(C(C)C)cc2OC(F)(F)F)cc(C)c1OC(C)(C)C(=O)O. The van der Waals surface area contributed by atoms with E-state index in [1.165, 1.54) is 26.0 Å². The Morgan fingerprint density at radius 1 is 1.00 bits per heavy atom.